The summed E-state index contributed by atoms with van der Waals surface area (Å²) in [5.41, 5.74) is 7.16. The Kier molecular flexibility index (Phi) is 2.60. The summed E-state index contributed by atoms with van der Waals surface area (Å²) in [5.74, 6) is 0. The first-order valence-corrected chi connectivity index (χ1v) is 4.69. The van der Waals surface area contributed by atoms with Crippen molar-refractivity contribution in [2.75, 3.05) is 13.2 Å². The Morgan fingerprint density at radius 1 is 1.64 bits per heavy atom. The van der Waals surface area contributed by atoms with Gasteiger partial charge in [-0.05, 0) is 0 Å². The lowest BCUT2D eigenvalue weighted by Gasteiger charge is -2.16. The molecule has 76 valence electrons. The fourth-order valence-electron chi connectivity index (χ4n) is 1.54. The Morgan fingerprint density at radius 2 is 2.50 bits per heavy atom. The van der Waals surface area contributed by atoms with Crippen LogP contribution in [0.3, 0.4) is 0 Å². The van der Waals surface area contributed by atoms with Crippen molar-refractivity contribution in [3.05, 3.63) is 27.7 Å². The van der Waals surface area contributed by atoms with Crippen molar-refractivity contribution in [2.45, 2.75) is 19.6 Å². The second-order valence-electron chi connectivity index (χ2n) is 3.27. The second-order valence-corrected chi connectivity index (χ2v) is 3.27. The lowest BCUT2D eigenvalue weighted by atomic mass is 10.1. The van der Waals surface area contributed by atoms with Crippen LogP contribution >= 0.6 is 0 Å². The molecule has 0 radical (unpaired) electrons. The number of hydrogen-bond donors (Lipinski definition) is 1. The zero-order valence-corrected chi connectivity index (χ0v) is 7.90. The van der Waals surface area contributed by atoms with Gasteiger partial charge in [0.05, 0.1) is 25.5 Å². The Labute approximate surface area is 81.5 Å². The van der Waals surface area contributed by atoms with Crippen LogP contribution < -0.4 is 11.3 Å². The average molecular weight is 195 g/mol. The van der Waals surface area contributed by atoms with E-state index in [0.717, 1.165) is 17.7 Å². The van der Waals surface area contributed by atoms with Crippen molar-refractivity contribution in [1.29, 1.82) is 0 Å². The van der Waals surface area contributed by atoms with E-state index in [2.05, 4.69) is 5.10 Å². The van der Waals surface area contributed by atoms with Crippen molar-refractivity contribution < 1.29 is 4.74 Å². The summed E-state index contributed by atoms with van der Waals surface area (Å²) < 4.78 is 6.66. The molecule has 0 saturated heterocycles. The van der Waals surface area contributed by atoms with E-state index >= 15 is 0 Å². The zero-order valence-electron chi connectivity index (χ0n) is 7.90. The van der Waals surface area contributed by atoms with E-state index in [9.17, 15) is 4.79 Å². The molecule has 1 aromatic heterocycles. The predicted molar refractivity (Wildman–Crippen MR) is 50.9 cm³/mol. The van der Waals surface area contributed by atoms with Crippen molar-refractivity contribution in [2.24, 2.45) is 5.73 Å². The summed E-state index contributed by atoms with van der Waals surface area (Å²) >= 11 is 0. The zero-order chi connectivity index (χ0) is 9.97. The topological polar surface area (TPSA) is 70.1 Å². The molecule has 0 amide bonds. The largest absolute Gasteiger partial charge is 0.376 e. The third-order valence-electron chi connectivity index (χ3n) is 2.25. The van der Waals surface area contributed by atoms with Crippen molar-refractivity contribution in [3.8, 4) is 0 Å². The fourth-order valence-corrected chi connectivity index (χ4v) is 1.54. The first-order chi connectivity index (χ1) is 6.81. The van der Waals surface area contributed by atoms with E-state index in [4.69, 9.17) is 10.5 Å². The molecule has 0 bridgehead atoms. The van der Waals surface area contributed by atoms with Crippen LogP contribution in [-0.4, -0.2) is 22.9 Å². The number of rotatable bonds is 2. The number of nitrogens with zero attached hydrogens (tertiary/aromatic N) is 2. The predicted octanol–water partition coefficient (Wildman–Crippen LogP) is -0.725. The van der Waals surface area contributed by atoms with Crippen LogP contribution in [0.4, 0.5) is 0 Å². The minimum atomic E-state index is -0.0975. The molecule has 2 N–H and O–H groups in total. The maximum atomic E-state index is 11.5. The number of nitrogens with two attached hydrogens (primary N) is 1. The molecular weight excluding hydrogens is 182 g/mol. The minimum Gasteiger partial charge on any atom is -0.376 e. The van der Waals surface area contributed by atoms with Crippen LogP contribution in [0, 0.1) is 0 Å². The number of aromatic nitrogens is 2. The van der Waals surface area contributed by atoms with E-state index in [-0.39, 0.29) is 5.56 Å². The third kappa shape index (κ3) is 1.69. The Hall–Kier alpha value is -1.20. The molecule has 1 aliphatic heterocycles. The van der Waals surface area contributed by atoms with Crippen LogP contribution in [0.25, 0.3) is 0 Å². The standard InChI is InChI=1S/C9H13N3O2/c10-2-3-12-9(13)5-7-6-14-4-1-8(7)11-12/h5H,1-4,6,10H2. The molecule has 0 saturated carbocycles. The van der Waals surface area contributed by atoms with E-state index in [1.54, 1.807) is 6.07 Å². The SMILES string of the molecule is NCCn1nc2c(cc1=O)COCC2. The van der Waals surface area contributed by atoms with Crippen LogP contribution in [0.15, 0.2) is 10.9 Å². The Morgan fingerprint density at radius 3 is 3.29 bits per heavy atom. The van der Waals surface area contributed by atoms with Gasteiger partial charge in [0.15, 0.2) is 0 Å². The number of fused-ring (bicyclic) bond motifs is 1. The second kappa shape index (κ2) is 3.89. The van der Waals surface area contributed by atoms with Gasteiger partial charge in [-0.3, -0.25) is 4.79 Å². The van der Waals surface area contributed by atoms with Gasteiger partial charge < -0.3 is 10.5 Å². The molecule has 0 aromatic carbocycles. The van der Waals surface area contributed by atoms with Gasteiger partial charge in [-0.25, -0.2) is 4.68 Å². The Bertz CT molecular complexity index is 386. The fraction of sp³-hybridized carbons (Fsp3) is 0.556. The molecule has 14 heavy (non-hydrogen) atoms. The van der Waals surface area contributed by atoms with Gasteiger partial charge in [0.25, 0.3) is 5.56 Å². The van der Waals surface area contributed by atoms with Gasteiger partial charge in [-0.2, -0.15) is 5.10 Å². The minimum absolute atomic E-state index is 0.0975. The molecule has 0 atom stereocenters. The third-order valence-corrected chi connectivity index (χ3v) is 2.25. The molecule has 0 unspecified atom stereocenters. The first-order valence-electron chi connectivity index (χ1n) is 4.69. The molecule has 2 rings (SSSR count). The summed E-state index contributed by atoms with van der Waals surface area (Å²) in [7, 11) is 0. The molecule has 5 heteroatoms. The molecular formula is C9H13N3O2. The van der Waals surface area contributed by atoms with Crippen LogP contribution in [0.5, 0.6) is 0 Å². The van der Waals surface area contributed by atoms with Gasteiger partial charge in [-0.15, -0.1) is 0 Å². The van der Waals surface area contributed by atoms with Crippen molar-refractivity contribution in [1.82, 2.24) is 9.78 Å². The average Bonchev–Trinajstić information content (AvgIpc) is 2.19. The monoisotopic (exact) mass is 195 g/mol. The molecule has 5 nitrogen and oxygen atoms in total. The summed E-state index contributed by atoms with van der Waals surface area (Å²) in [5, 5.41) is 4.25. The molecule has 0 spiro atoms. The number of hydrogen-bond acceptors (Lipinski definition) is 4. The maximum absolute atomic E-state index is 11.5. The molecule has 0 aliphatic carbocycles. The highest BCUT2D eigenvalue weighted by atomic mass is 16.5. The lowest BCUT2D eigenvalue weighted by Crippen LogP contribution is -2.29. The lowest BCUT2D eigenvalue weighted by molar-refractivity contribution is 0.108. The highest BCUT2D eigenvalue weighted by molar-refractivity contribution is 5.18. The number of ether oxygens (including phenoxy) is 1. The molecule has 1 aliphatic rings. The summed E-state index contributed by atoms with van der Waals surface area (Å²) in [6.07, 6.45) is 0.778. The summed E-state index contributed by atoms with van der Waals surface area (Å²) in [6, 6.07) is 1.59. The molecule has 1 aromatic rings. The molecule has 2 heterocycles. The highest BCUT2D eigenvalue weighted by Crippen LogP contribution is 2.10. The van der Waals surface area contributed by atoms with E-state index in [0.29, 0.717) is 26.3 Å². The highest BCUT2D eigenvalue weighted by Gasteiger charge is 2.12. The summed E-state index contributed by atoms with van der Waals surface area (Å²) in [4.78, 5) is 11.5. The van der Waals surface area contributed by atoms with E-state index < -0.39 is 0 Å². The van der Waals surface area contributed by atoms with Crippen molar-refractivity contribution >= 4 is 0 Å². The van der Waals surface area contributed by atoms with Crippen LogP contribution in [0.2, 0.25) is 0 Å². The summed E-state index contributed by atoms with van der Waals surface area (Å²) in [6.45, 7) is 2.09. The van der Waals surface area contributed by atoms with E-state index in [1.807, 2.05) is 0 Å². The Balaban J connectivity index is 2.40. The van der Waals surface area contributed by atoms with Crippen molar-refractivity contribution in [3.63, 3.8) is 0 Å². The van der Waals surface area contributed by atoms with Gasteiger partial charge >= 0.3 is 0 Å². The first kappa shape index (κ1) is 9.36. The smallest absolute Gasteiger partial charge is 0.267 e. The van der Waals surface area contributed by atoms with Crippen LogP contribution in [-0.2, 0) is 24.3 Å². The van der Waals surface area contributed by atoms with E-state index in [1.165, 1.54) is 4.68 Å². The van der Waals surface area contributed by atoms with Gasteiger partial charge in [0.2, 0.25) is 0 Å². The normalized spacial score (nSPS) is 15.2. The van der Waals surface area contributed by atoms with Gasteiger partial charge in [0.1, 0.15) is 0 Å². The van der Waals surface area contributed by atoms with Gasteiger partial charge in [0, 0.05) is 24.6 Å². The van der Waals surface area contributed by atoms with Crippen LogP contribution in [0.1, 0.15) is 11.3 Å². The molecule has 0 fully saturated rings. The maximum Gasteiger partial charge on any atom is 0.267 e. The quantitative estimate of drug-likeness (QED) is 0.675. The van der Waals surface area contributed by atoms with Gasteiger partial charge in [-0.1, -0.05) is 0 Å².